The average molecular weight is 268 g/mol. The quantitative estimate of drug-likeness (QED) is 0.896. The van der Waals surface area contributed by atoms with Crippen molar-refractivity contribution in [3.05, 3.63) is 60.2 Å². The van der Waals surface area contributed by atoms with Crippen molar-refractivity contribution >= 4 is 5.97 Å². The zero-order valence-corrected chi connectivity index (χ0v) is 11.0. The monoisotopic (exact) mass is 268 g/mol. The third-order valence-corrected chi connectivity index (χ3v) is 4.11. The van der Waals surface area contributed by atoms with Gasteiger partial charge in [0.15, 0.2) is 6.10 Å². The van der Waals surface area contributed by atoms with Gasteiger partial charge in [0.2, 0.25) is 0 Å². The largest absolute Gasteiger partial charge is 0.479 e. The van der Waals surface area contributed by atoms with Crippen molar-refractivity contribution in [1.29, 1.82) is 0 Å². The van der Waals surface area contributed by atoms with Gasteiger partial charge in [-0.15, -0.1) is 0 Å². The maximum atomic E-state index is 11.0. The van der Waals surface area contributed by atoms with Crippen molar-refractivity contribution in [3.63, 3.8) is 0 Å². The van der Waals surface area contributed by atoms with Crippen LogP contribution in [0.25, 0.3) is 11.1 Å². The van der Waals surface area contributed by atoms with Crippen molar-refractivity contribution in [2.45, 2.75) is 24.4 Å². The van der Waals surface area contributed by atoms with Gasteiger partial charge in [-0.3, -0.25) is 0 Å². The predicted molar refractivity (Wildman–Crippen MR) is 76.4 cm³/mol. The van der Waals surface area contributed by atoms with E-state index < -0.39 is 17.5 Å². The van der Waals surface area contributed by atoms with Crippen LogP contribution in [0.5, 0.6) is 0 Å². The zero-order chi connectivity index (χ0) is 14.2. The minimum atomic E-state index is -1.31. The number of carbonyl (C=O) groups is 1. The molecule has 0 aromatic heterocycles. The molecule has 1 aliphatic carbocycles. The first kappa shape index (κ1) is 12.9. The molecule has 1 saturated carbocycles. The summed E-state index contributed by atoms with van der Waals surface area (Å²) in [5.74, 6) is -1.14. The molecule has 0 radical (unpaired) electrons. The van der Waals surface area contributed by atoms with Crippen LogP contribution in [-0.2, 0) is 10.2 Å². The Balaban J connectivity index is 1.89. The summed E-state index contributed by atoms with van der Waals surface area (Å²) in [4.78, 5) is 11.0. The Kier molecular flexibility index (Phi) is 3.07. The number of aliphatic hydroxyl groups is 1. The molecule has 2 aromatic carbocycles. The minimum absolute atomic E-state index is 0.582. The molecule has 0 amide bonds. The van der Waals surface area contributed by atoms with E-state index in [0.29, 0.717) is 0 Å². The Morgan fingerprint density at radius 2 is 1.50 bits per heavy atom. The lowest BCUT2D eigenvalue weighted by Crippen LogP contribution is -2.33. The van der Waals surface area contributed by atoms with E-state index in [-0.39, 0.29) is 0 Å². The molecule has 0 aliphatic heterocycles. The number of hydrogen-bond acceptors (Lipinski definition) is 2. The fraction of sp³-hybridized carbons (Fsp3) is 0.235. The lowest BCUT2D eigenvalue weighted by molar-refractivity contribution is -0.148. The van der Waals surface area contributed by atoms with Gasteiger partial charge in [-0.1, -0.05) is 54.6 Å². The van der Waals surface area contributed by atoms with Crippen LogP contribution in [0.2, 0.25) is 0 Å². The normalized spacial score (nSPS) is 17.4. The molecule has 0 saturated heterocycles. The Hall–Kier alpha value is -2.13. The van der Waals surface area contributed by atoms with Crippen molar-refractivity contribution < 1.29 is 15.0 Å². The van der Waals surface area contributed by atoms with E-state index in [1.54, 1.807) is 0 Å². The maximum Gasteiger partial charge on any atom is 0.333 e. The lowest BCUT2D eigenvalue weighted by Gasteiger charge is -2.19. The highest BCUT2D eigenvalue weighted by Crippen LogP contribution is 2.51. The van der Waals surface area contributed by atoms with Gasteiger partial charge in [0, 0.05) is 5.41 Å². The second kappa shape index (κ2) is 4.76. The first-order valence-corrected chi connectivity index (χ1v) is 6.70. The van der Waals surface area contributed by atoms with E-state index >= 15 is 0 Å². The molecule has 0 heterocycles. The maximum absolute atomic E-state index is 11.0. The summed E-state index contributed by atoms with van der Waals surface area (Å²) in [5.41, 5.74) is 2.55. The van der Waals surface area contributed by atoms with Crippen molar-refractivity contribution in [2.24, 2.45) is 0 Å². The van der Waals surface area contributed by atoms with Crippen LogP contribution < -0.4 is 0 Å². The molecule has 102 valence electrons. The summed E-state index contributed by atoms with van der Waals surface area (Å²) < 4.78 is 0. The lowest BCUT2D eigenvalue weighted by atomic mass is 9.89. The molecule has 1 atom stereocenters. The average Bonchev–Trinajstić information content (AvgIpc) is 3.29. The van der Waals surface area contributed by atoms with Gasteiger partial charge in [-0.05, 0) is 29.5 Å². The smallest absolute Gasteiger partial charge is 0.333 e. The van der Waals surface area contributed by atoms with Crippen LogP contribution in [0.15, 0.2) is 54.6 Å². The van der Waals surface area contributed by atoms with Crippen molar-refractivity contribution in [1.82, 2.24) is 0 Å². The van der Waals surface area contributed by atoms with Gasteiger partial charge < -0.3 is 10.2 Å². The standard InChI is InChI=1S/C17H16O3/c18-15(16(19)20)17(10-11-17)14-8-6-13(7-9-14)12-4-2-1-3-5-12/h1-9,15,18H,10-11H2,(H,19,20). The molecule has 0 bridgehead atoms. The highest BCUT2D eigenvalue weighted by molar-refractivity contribution is 5.76. The zero-order valence-electron chi connectivity index (χ0n) is 11.0. The highest BCUT2D eigenvalue weighted by atomic mass is 16.4. The summed E-state index contributed by atoms with van der Waals surface area (Å²) in [6, 6.07) is 17.9. The van der Waals surface area contributed by atoms with Gasteiger partial charge >= 0.3 is 5.97 Å². The molecule has 0 spiro atoms. The summed E-state index contributed by atoms with van der Waals surface area (Å²) in [5, 5.41) is 18.9. The summed E-state index contributed by atoms with van der Waals surface area (Å²) in [7, 11) is 0. The number of hydrogen-bond donors (Lipinski definition) is 2. The molecular formula is C17H16O3. The van der Waals surface area contributed by atoms with E-state index in [4.69, 9.17) is 5.11 Å². The molecule has 1 aliphatic rings. The molecule has 2 N–H and O–H groups in total. The van der Waals surface area contributed by atoms with Gasteiger partial charge in [0.25, 0.3) is 0 Å². The Morgan fingerprint density at radius 3 is 2.00 bits per heavy atom. The summed E-state index contributed by atoms with van der Waals surface area (Å²) in [6.07, 6.45) is 0.140. The van der Waals surface area contributed by atoms with Crippen LogP contribution in [0, 0.1) is 0 Å². The topological polar surface area (TPSA) is 57.5 Å². The third kappa shape index (κ3) is 2.10. The summed E-state index contributed by atoms with van der Waals surface area (Å²) in [6.45, 7) is 0. The van der Waals surface area contributed by atoms with Gasteiger partial charge in [-0.2, -0.15) is 0 Å². The number of aliphatic hydroxyl groups excluding tert-OH is 1. The number of aliphatic carboxylic acids is 1. The number of benzene rings is 2. The fourth-order valence-corrected chi connectivity index (χ4v) is 2.72. The second-order valence-corrected chi connectivity index (χ2v) is 5.34. The molecule has 1 fully saturated rings. The molecule has 20 heavy (non-hydrogen) atoms. The Labute approximate surface area is 117 Å². The Morgan fingerprint density at radius 1 is 0.950 bits per heavy atom. The molecule has 3 rings (SSSR count). The molecule has 3 heteroatoms. The molecular weight excluding hydrogens is 252 g/mol. The van der Waals surface area contributed by atoms with Gasteiger partial charge in [-0.25, -0.2) is 4.79 Å². The number of rotatable bonds is 4. The van der Waals surface area contributed by atoms with Crippen LogP contribution in [-0.4, -0.2) is 22.3 Å². The van der Waals surface area contributed by atoms with E-state index in [1.165, 1.54) is 0 Å². The summed E-state index contributed by atoms with van der Waals surface area (Å²) >= 11 is 0. The molecule has 2 aromatic rings. The number of carboxylic acids is 1. The molecule has 3 nitrogen and oxygen atoms in total. The highest BCUT2D eigenvalue weighted by Gasteiger charge is 2.53. The fourth-order valence-electron chi connectivity index (χ4n) is 2.72. The van der Waals surface area contributed by atoms with Crippen molar-refractivity contribution in [3.8, 4) is 11.1 Å². The number of carboxylic acid groups (broad SMARTS) is 1. The van der Waals surface area contributed by atoms with Crippen LogP contribution >= 0.6 is 0 Å². The van der Waals surface area contributed by atoms with E-state index in [1.807, 2.05) is 54.6 Å². The molecule has 1 unspecified atom stereocenters. The first-order valence-electron chi connectivity index (χ1n) is 6.70. The Bertz CT molecular complexity index is 612. The van der Waals surface area contributed by atoms with Gasteiger partial charge in [0.05, 0.1) is 0 Å². The van der Waals surface area contributed by atoms with E-state index in [2.05, 4.69) is 0 Å². The van der Waals surface area contributed by atoms with Crippen LogP contribution in [0.4, 0.5) is 0 Å². The third-order valence-electron chi connectivity index (χ3n) is 4.11. The van der Waals surface area contributed by atoms with Crippen LogP contribution in [0.1, 0.15) is 18.4 Å². The first-order chi connectivity index (χ1) is 9.63. The predicted octanol–water partition coefficient (Wildman–Crippen LogP) is 2.83. The van der Waals surface area contributed by atoms with Crippen LogP contribution in [0.3, 0.4) is 0 Å². The van der Waals surface area contributed by atoms with Crippen molar-refractivity contribution in [2.75, 3.05) is 0 Å². The second-order valence-electron chi connectivity index (χ2n) is 5.34. The van der Waals surface area contributed by atoms with E-state index in [9.17, 15) is 9.90 Å². The van der Waals surface area contributed by atoms with E-state index in [0.717, 1.165) is 29.5 Å². The SMILES string of the molecule is O=C(O)C(O)C1(c2ccc(-c3ccccc3)cc2)CC1. The van der Waals surface area contributed by atoms with Gasteiger partial charge in [0.1, 0.15) is 0 Å². The minimum Gasteiger partial charge on any atom is -0.479 e.